The molecule has 1 aliphatic rings. The Kier molecular flexibility index (Phi) is 7.28. The van der Waals surface area contributed by atoms with Crippen LogP contribution in [-0.2, 0) is 6.54 Å². The number of piperazine rings is 1. The normalized spacial score (nSPS) is 17.4. The second-order valence-corrected chi connectivity index (χ2v) is 8.32. The summed E-state index contributed by atoms with van der Waals surface area (Å²) in [5.41, 5.74) is 2.22. The zero-order valence-corrected chi connectivity index (χ0v) is 18.1. The molecule has 1 aliphatic heterocycles. The Morgan fingerprint density at radius 3 is 2.52 bits per heavy atom. The van der Waals surface area contributed by atoms with Crippen LogP contribution in [0.25, 0.3) is 0 Å². The molecule has 2 N–H and O–H groups in total. The van der Waals surface area contributed by atoms with E-state index < -0.39 is 0 Å². The molecule has 0 radical (unpaired) electrons. The van der Waals surface area contributed by atoms with Gasteiger partial charge in [0.2, 0.25) is 0 Å². The zero-order chi connectivity index (χ0) is 20.7. The lowest BCUT2D eigenvalue weighted by atomic mass is 10.0. The van der Waals surface area contributed by atoms with Crippen LogP contribution in [0.4, 0.5) is 0 Å². The second kappa shape index (κ2) is 9.89. The molecular weight excluding hydrogens is 364 g/mol. The van der Waals surface area contributed by atoms with Crippen molar-refractivity contribution in [2.75, 3.05) is 39.8 Å². The van der Waals surface area contributed by atoms with Crippen molar-refractivity contribution in [2.45, 2.75) is 38.9 Å². The van der Waals surface area contributed by atoms with Crippen molar-refractivity contribution < 1.29 is 4.52 Å². The van der Waals surface area contributed by atoms with Gasteiger partial charge in [-0.05, 0) is 26.3 Å². The van der Waals surface area contributed by atoms with Crippen LogP contribution in [-0.4, -0.2) is 66.2 Å². The molecule has 1 unspecified atom stereocenters. The van der Waals surface area contributed by atoms with Crippen LogP contribution >= 0.6 is 0 Å². The minimum Gasteiger partial charge on any atom is -0.364 e. The van der Waals surface area contributed by atoms with Crippen LogP contribution in [0.5, 0.6) is 0 Å². The van der Waals surface area contributed by atoms with Gasteiger partial charge in [0, 0.05) is 64.0 Å². The van der Waals surface area contributed by atoms with E-state index in [1.165, 1.54) is 5.56 Å². The van der Waals surface area contributed by atoms with Crippen molar-refractivity contribution in [2.24, 2.45) is 4.99 Å². The number of aromatic nitrogens is 1. The lowest BCUT2D eigenvalue weighted by Gasteiger charge is -2.37. The number of nitrogens with one attached hydrogen (secondary N) is 2. The molecule has 2 aromatic rings. The fourth-order valence-electron chi connectivity index (χ4n) is 3.76. The van der Waals surface area contributed by atoms with Gasteiger partial charge in [0.05, 0.1) is 5.69 Å². The van der Waals surface area contributed by atoms with Crippen LogP contribution in [0.1, 0.15) is 38.1 Å². The first-order valence-corrected chi connectivity index (χ1v) is 10.4. The lowest BCUT2D eigenvalue weighted by molar-refractivity contribution is 0.168. The van der Waals surface area contributed by atoms with Gasteiger partial charge in [0.25, 0.3) is 0 Å². The van der Waals surface area contributed by atoms with Crippen molar-refractivity contribution in [3.63, 3.8) is 0 Å². The molecule has 29 heavy (non-hydrogen) atoms. The summed E-state index contributed by atoms with van der Waals surface area (Å²) in [6.07, 6.45) is 1.63. The molecule has 0 aliphatic carbocycles. The Hall–Kier alpha value is -2.38. The van der Waals surface area contributed by atoms with Crippen molar-refractivity contribution >= 4 is 5.96 Å². The van der Waals surface area contributed by atoms with Gasteiger partial charge in [-0.3, -0.25) is 9.89 Å². The van der Waals surface area contributed by atoms with E-state index in [0.29, 0.717) is 0 Å². The number of rotatable bonds is 7. The van der Waals surface area contributed by atoms with Gasteiger partial charge in [-0.1, -0.05) is 35.5 Å². The summed E-state index contributed by atoms with van der Waals surface area (Å²) in [6.45, 7) is 12.2. The highest BCUT2D eigenvalue weighted by molar-refractivity contribution is 5.80. The molecule has 1 aromatic carbocycles. The Bertz CT molecular complexity index is 751. The van der Waals surface area contributed by atoms with Crippen molar-refractivity contribution in [1.29, 1.82) is 0 Å². The quantitative estimate of drug-likeness (QED) is 0.552. The predicted octanol–water partition coefficient (Wildman–Crippen LogP) is 2.50. The number of benzene rings is 1. The summed E-state index contributed by atoms with van der Waals surface area (Å²) >= 11 is 0. The fourth-order valence-corrected chi connectivity index (χ4v) is 3.76. The maximum atomic E-state index is 4.93. The maximum Gasteiger partial charge on any atom is 0.193 e. The van der Waals surface area contributed by atoms with E-state index in [0.717, 1.165) is 50.9 Å². The summed E-state index contributed by atoms with van der Waals surface area (Å²) in [6, 6.07) is 12.8. The summed E-state index contributed by atoms with van der Waals surface area (Å²) in [7, 11) is 1.86. The molecule has 0 spiro atoms. The largest absolute Gasteiger partial charge is 0.364 e. The van der Waals surface area contributed by atoms with Crippen LogP contribution < -0.4 is 10.6 Å². The van der Waals surface area contributed by atoms with E-state index in [1.807, 2.05) is 13.1 Å². The van der Waals surface area contributed by atoms with Gasteiger partial charge in [-0.2, -0.15) is 0 Å². The molecule has 0 saturated carbocycles. The number of aliphatic imine (C=N–C) groups is 1. The molecule has 0 bridgehead atoms. The van der Waals surface area contributed by atoms with E-state index in [2.05, 4.69) is 81.7 Å². The minimum atomic E-state index is -0.0695. The van der Waals surface area contributed by atoms with Crippen LogP contribution in [0.3, 0.4) is 0 Å². The Morgan fingerprint density at radius 1 is 1.17 bits per heavy atom. The minimum absolute atomic E-state index is 0.0695. The van der Waals surface area contributed by atoms with E-state index >= 15 is 0 Å². The second-order valence-electron chi connectivity index (χ2n) is 8.32. The van der Waals surface area contributed by atoms with Gasteiger partial charge in [-0.25, -0.2) is 0 Å². The third kappa shape index (κ3) is 6.30. The van der Waals surface area contributed by atoms with Crippen molar-refractivity contribution in [1.82, 2.24) is 25.6 Å². The molecule has 3 rings (SSSR count). The van der Waals surface area contributed by atoms with Gasteiger partial charge in [0.1, 0.15) is 6.26 Å². The maximum absolute atomic E-state index is 4.93. The third-order valence-corrected chi connectivity index (χ3v) is 5.36. The lowest BCUT2D eigenvalue weighted by Crippen LogP contribution is -2.56. The highest BCUT2D eigenvalue weighted by atomic mass is 16.5. The SMILES string of the molecule is CN=C(NCC(C)(C)NC(C)c1ccccc1)N1CCN(Cc2ccon2)CC1. The standard InChI is InChI=1S/C22H34N6O/c1-18(19-8-6-5-7-9-19)25-22(2,3)17-24-21(23-4)28-13-11-27(12-14-28)16-20-10-15-29-26-20/h5-10,15,18,25H,11-14,16-17H2,1-4H3,(H,23,24). The fraction of sp³-hybridized carbons (Fsp3) is 0.545. The molecule has 1 aromatic heterocycles. The molecular formula is C22H34N6O. The van der Waals surface area contributed by atoms with E-state index in [-0.39, 0.29) is 11.6 Å². The highest BCUT2D eigenvalue weighted by Crippen LogP contribution is 2.16. The van der Waals surface area contributed by atoms with Gasteiger partial charge in [-0.15, -0.1) is 0 Å². The summed E-state index contributed by atoms with van der Waals surface area (Å²) in [5, 5.41) is 11.3. The van der Waals surface area contributed by atoms with Crippen LogP contribution in [0.15, 0.2) is 52.2 Å². The topological polar surface area (TPSA) is 68.9 Å². The number of hydrogen-bond donors (Lipinski definition) is 2. The van der Waals surface area contributed by atoms with Crippen LogP contribution in [0, 0.1) is 0 Å². The molecule has 1 atom stereocenters. The smallest absolute Gasteiger partial charge is 0.193 e. The average molecular weight is 399 g/mol. The molecule has 0 amide bonds. The number of nitrogens with zero attached hydrogens (tertiary/aromatic N) is 4. The number of guanidine groups is 1. The highest BCUT2D eigenvalue weighted by Gasteiger charge is 2.24. The number of hydrogen-bond acceptors (Lipinski definition) is 5. The molecule has 1 fully saturated rings. The molecule has 2 heterocycles. The van der Waals surface area contributed by atoms with Gasteiger partial charge < -0.3 is 20.1 Å². The summed E-state index contributed by atoms with van der Waals surface area (Å²) in [4.78, 5) is 9.24. The van der Waals surface area contributed by atoms with Crippen molar-refractivity contribution in [3.8, 4) is 0 Å². The molecule has 7 nitrogen and oxygen atoms in total. The monoisotopic (exact) mass is 398 g/mol. The average Bonchev–Trinajstić information content (AvgIpc) is 3.23. The Morgan fingerprint density at radius 2 is 1.90 bits per heavy atom. The predicted molar refractivity (Wildman–Crippen MR) is 117 cm³/mol. The van der Waals surface area contributed by atoms with Crippen molar-refractivity contribution in [3.05, 3.63) is 53.9 Å². The van der Waals surface area contributed by atoms with Gasteiger partial charge in [0.15, 0.2) is 5.96 Å². The summed E-state index contributed by atoms with van der Waals surface area (Å²) < 4.78 is 4.93. The first kappa shape index (κ1) is 21.3. The molecule has 1 saturated heterocycles. The van der Waals surface area contributed by atoms with E-state index in [1.54, 1.807) is 6.26 Å². The van der Waals surface area contributed by atoms with Gasteiger partial charge >= 0.3 is 0 Å². The van der Waals surface area contributed by atoms with E-state index in [9.17, 15) is 0 Å². The molecule has 158 valence electrons. The van der Waals surface area contributed by atoms with Crippen LogP contribution in [0.2, 0.25) is 0 Å². The molecule has 7 heteroatoms. The first-order chi connectivity index (χ1) is 14.0. The Balaban J connectivity index is 1.46. The first-order valence-electron chi connectivity index (χ1n) is 10.4. The Labute approximate surface area is 174 Å². The van der Waals surface area contributed by atoms with E-state index in [4.69, 9.17) is 4.52 Å². The zero-order valence-electron chi connectivity index (χ0n) is 18.1. The summed E-state index contributed by atoms with van der Waals surface area (Å²) in [5.74, 6) is 0.966. The third-order valence-electron chi connectivity index (χ3n) is 5.36.